The molecule has 0 aromatic carbocycles. The molecule has 56 valence electrons. The molecule has 11 heavy (non-hydrogen) atoms. The van der Waals surface area contributed by atoms with Gasteiger partial charge in [0.25, 0.3) is 0 Å². The third kappa shape index (κ3) is 1.60. The lowest BCUT2D eigenvalue weighted by Gasteiger charge is -2.03. The number of nitrogens with zero attached hydrogens (tertiary/aromatic N) is 2. The van der Waals surface area contributed by atoms with Gasteiger partial charge in [0.2, 0.25) is 5.88 Å². The van der Waals surface area contributed by atoms with Crippen LogP contribution in [0.2, 0.25) is 0 Å². The Morgan fingerprint density at radius 1 is 1.36 bits per heavy atom. The first kappa shape index (κ1) is 7.85. The second-order valence-corrected chi connectivity index (χ2v) is 1.82. The number of hydrogen-bond acceptors (Lipinski definition) is 4. The van der Waals surface area contributed by atoms with E-state index >= 15 is 0 Å². The summed E-state index contributed by atoms with van der Waals surface area (Å²) < 4.78 is 9.59. The molecular formula is C6H7BN2O2. The Labute approximate surface area is 66.0 Å². The first-order valence-electron chi connectivity index (χ1n) is 2.98. The molecule has 0 amide bonds. The second-order valence-electron chi connectivity index (χ2n) is 1.82. The quantitative estimate of drug-likeness (QED) is 0.522. The highest BCUT2D eigenvalue weighted by Gasteiger charge is 2.01. The first-order valence-corrected chi connectivity index (χ1v) is 2.98. The lowest BCUT2D eigenvalue weighted by Crippen LogP contribution is -2.11. The van der Waals surface area contributed by atoms with E-state index in [-0.39, 0.29) is 6.01 Å². The van der Waals surface area contributed by atoms with Gasteiger partial charge in [0, 0.05) is 6.20 Å². The van der Waals surface area contributed by atoms with Gasteiger partial charge in [-0.15, -0.1) is 0 Å². The number of aromatic nitrogens is 2. The number of hydrogen-bond donors (Lipinski definition) is 0. The zero-order chi connectivity index (χ0) is 8.27. The molecule has 0 N–H and O–H groups in total. The van der Waals surface area contributed by atoms with E-state index in [1.54, 1.807) is 0 Å². The Morgan fingerprint density at radius 2 is 2.09 bits per heavy atom. The maximum Gasteiger partial charge on any atom is 0.319 e. The summed E-state index contributed by atoms with van der Waals surface area (Å²) >= 11 is 0. The van der Waals surface area contributed by atoms with Gasteiger partial charge < -0.3 is 9.47 Å². The van der Waals surface area contributed by atoms with Crippen LogP contribution in [0.5, 0.6) is 11.9 Å². The molecule has 1 rings (SSSR count). The Balaban J connectivity index is 3.02. The van der Waals surface area contributed by atoms with Crippen LogP contribution >= 0.6 is 0 Å². The van der Waals surface area contributed by atoms with Gasteiger partial charge in [-0.1, -0.05) is 0 Å². The zero-order valence-electron chi connectivity index (χ0n) is 6.37. The van der Waals surface area contributed by atoms with Crippen LogP contribution in [0, 0.1) is 0 Å². The largest absolute Gasteiger partial charge is 0.481 e. The number of ether oxygens (including phenoxy) is 2. The Bertz CT molecular complexity index is 254. The average Bonchev–Trinajstić information content (AvgIpc) is 2.05. The van der Waals surface area contributed by atoms with Gasteiger partial charge in [0.15, 0.2) is 0 Å². The van der Waals surface area contributed by atoms with Crippen molar-refractivity contribution in [3.05, 3.63) is 6.20 Å². The van der Waals surface area contributed by atoms with E-state index in [1.165, 1.54) is 20.4 Å². The Morgan fingerprint density at radius 3 is 2.64 bits per heavy atom. The average molecular weight is 150 g/mol. The van der Waals surface area contributed by atoms with Crippen LogP contribution in [-0.4, -0.2) is 32.0 Å². The molecule has 4 nitrogen and oxygen atoms in total. The van der Waals surface area contributed by atoms with Crippen molar-refractivity contribution < 1.29 is 9.47 Å². The van der Waals surface area contributed by atoms with Crippen LogP contribution in [0.25, 0.3) is 0 Å². The van der Waals surface area contributed by atoms with Crippen LogP contribution in [0.4, 0.5) is 0 Å². The van der Waals surface area contributed by atoms with Gasteiger partial charge in [-0.05, 0) is 5.46 Å². The summed E-state index contributed by atoms with van der Waals surface area (Å²) in [6.07, 6.45) is 1.44. The van der Waals surface area contributed by atoms with Crippen LogP contribution < -0.4 is 14.9 Å². The normalized spacial score (nSPS) is 9.27. The van der Waals surface area contributed by atoms with E-state index in [0.717, 1.165) is 0 Å². The molecule has 1 aromatic rings. The molecule has 0 saturated carbocycles. The Kier molecular flexibility index (Phi) is 2.30. The van der Waals surface area contributed by atoms with Gasteiger partial charge in [-0.3, -0.25) is 0 Å². The topological polar surface area (TPSA) is 44.2 Å². The molecule has 0 spiro atoms. The maximum atomic E-state index is 5.45. The van der Waals surface area contributed by atoms with Crippen molar-refractivity contribution in [2.75, 3.05) is 14.2 Å². The van der Waals surface area contributed by atoms with Crippen LogP contribution in [0.15, 0.2) is 6.20 Å². The van der Waals surface area contributed by atoms with Crippen molar-refractivity contribution >= 4 is 13.3 Å². The SMILES string of the molecule is [B]c1cnc(OC)nc1OC. The fraction of sp³-hybridized carbons (Fsp3) is 0.333. The summed E-state index contributed by atoms with van der Waals surface area (Å²) in [6.45, 7) is 0. The lowest BCUT2D eigenvalue weighted by molar-refractivity contribution is 0.354. The third-order valence-electron chi connectivity index (χ3n) is 1.13. The molecule has 0 atom stereocenters. The minimum atomic E-state index is 0.246. The number of methoxy groups -OCH3 is 2. The molecule has 1 heterocycles. The van der Waals surface area contributed by atoms with Crippen molar-refractivity contribution in [2.24, 2.45) is 0 Å². The molecule has 2 radical (unpaired) electrons. The molecule has 0 aliphatic rings. The van der Waals surface area contributed by atoms with Gasteiger partial charge in [0.05, 0.1) is 14.2 Å². The molecule has 5 heteroatoms. The van der Waals surface area contributed by atoms with E-state index in [9.17, 15) is 0 Å². The molecule has 0 fully saturated rings. The van der Waals surface area contributed by atoms with Gasteiger partial charge >= 0.3 is 6.01 Å². The lowest BCUT2D eigenvalue weighted by atomic mass is 10.0. The molecule has 0 saturated heterocycles. The van der Waals surface area contributed by atoms with Gasteiger partial charge in [-0.25, -0.2) is 4.98 Å². The highest BCUT2D eigenvalue weighted by molar-refractivity contribution is 6.33. The van der Waals surface area contributed by atoms with Crippen molar-refractivity contribution in [3.63, 3.8) is 0 Å². The van der Waals surface area contributed by atoms with Gasteiger partial charge in [-0.2, -0.15) is 4.98 Å². The standard InChI is InChI=1S/C6H7BN2O2/c1-10-5-4(7)3-8-6(9-5)11-2/h3H,1-2H3. The zero-order valence-corrected chi connectivity index (χ0v) is 6.37. The fourth-order valence-electron chi connectivity index (χ4n) is 0.622. The Hall–Kier alpha value is -1.26. The van der Waals surface area contributed by atoms with Crippen molar-refractivity contribution in [3.8, 4) is 11.9 Å². The van der Waals surface area contributed by atoms with Crippen LogP contribution in [0.1, 0.15) is 0 Å². The summed E-state index contributed by atoms with van der Waals surface area (Å²) in [6, 6.07) is 0.246. The fourth-order valence-corrected chi connectivity index (χ4v) is 0.622. The molecule has 0 aliphatic carbocycles. The summed E-state index contributed by atoms with van der Waals surface area (Å²) in [4.78, 5) is 7.60. The van der Waals surface area contributed by atoms with Crippen molar-refractivity contribution in [2.45, 2.75) is 0 Å². The minimum Gasteiger partial charge on any atom is -0.481 e. The molecule has 0 aliphatic heterocycles. The maximum absolute atomic E-state index is 5.45. The summed E-state index contributed by atoms with van der Waals surface area (Å²) in [7, 11) is 8.41. The predicted molar refractivity (Wildman–Crippen MR) is 40.5 cm³/mol. The van der Waals surface area contributed by atoms with Crippen LogP contribution in [0.3, 0.4) is 0 Å². The second kappa shape index (κ2) is 3.23. The van der Waals surface area contributed by atoms with Gasteiger partial charge in [0.1, 0.15) is 7.85 Å². The number of rotatable bonds is 2. The minimum absolute atomic E-state index is 0.246. The van der Waals surface area contributed by atoms with Crippen molar-refractivity contribution in [1.29, 1.82) is 0 Å². The summed E-state index contributed by atoms with van der Waals surface area (Å²) in [5, 5.41) is 0. The van der Waals surface area contributed by atoms with E-state index in [0.29, 0.717) is 11.3 Å². The molecule has 0 bridgehead atoms. The molecular weight excluding hydrogens is 143 g/mol. The molecule has 1 aromatic heterocycles. The van der Waals surface area contributed by atoms with E-state index < -0.39 is 0 Å². The smallest absolute Gasteiger partial charge is 0.319 e. The van der Waals surface area contributed by atoms with Crippen molar-refractivity contribution in [1.82, 2.24) is 9.97 Å². The van der Waals surface area contributed by atoms with E-state index in [4.69, 9.17) is 17.3 Å². The third-order valence-corrected chi connectivity index (χ3v) is 1.13. The monoisotopic (exact) mass is 150 g/mol. The first-order chi connectivity index (χ1) is 5.27. The van der Waals surface area contributed by atoms with Crippen LogP contribution in [-0.2, 0) is 0 Å². The summed E-state index contributed by atoms with van der Waals surface area (Å²) in [5.41, 5.74) is 0.397. The molecule has 0 unspecified atom stereocenters. The predicted octanol–water partition coefficient (Wildman–Crippen LogP) is -0.712. The van der Waals surface area contributed by atoms with E-state index in [2.05, 4.69) is 9.97 Å². The van der Waals surface area contributed by atoms with E-state index in [1.807, 2.05) is 0 Å². The highest BCUT2D eigenvalue weighted by Crippen LogP contribution is 2.04. The summed E-state index contributed by atoms with van der Waals surface area (Å²) in [5.74, 6) is 0.330. The highest BCUT2D eigenvalue weighted by atomic mass is 16.5.